The van der Waals surface area contributed by atoms with Gasteiger partial charge in [-0.1, -0.05) is 41.6 Å². The van der Waals surface area contributed by atoms with Crippen LogP contribution in [-0.2, 0) is 4.84 Å². The van der Waals surface area contributed by atoms with Crippen molar-refractivity contribution in [3.63, 3.8) is 0 Å². The van der Waals surface area contributed by atoms with E-state index in [1.54, 1.807) is 13.8 Å². The highest BCUT2D eigenvalue weighted by atomic mass is 16.6. The maximum atomic E-state index is 10.5. The molecule has 0 saturated heterocycles. The van der Waals surface area contributed by atoms with Crippen molar-refractivity contribution >= 4 is 28.0 Å². The summed E-state index contributed by atoms with van der Waals surface area (Å²) in [5.74, 6) is 0.0351. The maximum absolute atomic E-state index is 10.5. The fourth-order valence-corrected chi connectivity index (χ4v) is 2.96. The smallest absolute Gasteiger partial charge is 0.199 e. The minimum absolute atomic E-state index is 0.0351. The molecule has 0 amide bonds. The molecule has 1 aliphatic rings. The fraction of sp³-hybridized carbons (Fsp3) is 0.200. The molecule has 26 heavy (non-hydrogen) atoms. The summed E-state index contributed by atoms with van der Waals surface area (Å²) in [5, 5.41) is 25.4. The zero-order valence-electron chi connectivity index (χ0n) is 14.5. The Labute approximate surface area is 150 Å². The number of aromatic nitrogens is 1. The average Bonchev–Trinajstić information content (AvgIpc) is 3.10. The molecular formula is C20H19N3O3. The molecule has 1 aliphatic heterocycles. The minimum Gasteiger partial charge on any atom is -0.494 e. The molecule has 1 aromatic heterocycles. The van der Waals surface area contributed by atoms with Crippen molar-refractivity contribution in [1.82, 2.24) is 4.98 Å². The lowest BCUT2D eigenvalue weighted by molar-refractivity contribution is -0.0187. The number of aromatic amines is 1. The van der Waals surface area contributed by atoms with E-state index in [0.717, 1.165) is 22.2 Å². The number of H-pyrrole nitrogens is 1. The number of benzene rings is 2. The lowest BCUT2D eigenvalue weighted by Gasteiger charge is -2.15. The molecule has 3 aromatic rings. The molecule has 6 nitrogen and oxygen atoms in total. The van der Waals surface area contributed by atoms with Crippen LogP contribution in [0.25, 0.3) is 10.9 Å². The topological polar surface area (TPSA) is 90.2 Å². The van der Waals surface area contributed by atoms with E-state index in [9.17, 15) is 10.2 Å². The molecule has 0 unspecified atom stereocenters. The number of oxime groups is 1. The van der Waals surface area contributed by atoms with Crippen LogP contribution in [0.15, 0.2) is 58.7 Å². The van der Waals surface area contributed by atoms with Crippen molar-refractivity contribution in [3.8, 4) is 5.88 Å². The second-order valence-corrected chi connectivity index (χ2v) is 6.90. The van der Waals surface area contributed by atoms with Gasteiger partial charge in [-0.05, 0) is 26.0 Å². The summed E-state index contributed by atoms with van der Waals surface area (Å²) in [6.45, 7) is 3.35. The van der Waals surface area contributed by atoms with Gasteiger partial charge in [0.2, 0.25) is 0 Å². The van der Waals surface area contributed by atoms with E-state index in [-0.39, 0.29) is 12.5 Å². The van der Waals surface area contributed by atoms with Crippen molar-refractivity contribution in [1.29, 1.82) is 0 Å². The van der Waals surface area contributed by atoms with Crippen LogP contribution >= 0.6 is 0 Å². The number of fused-ring (bicyclic) bond motifs is 2. The zero-order valence-corrected chi connectivity index (χ0v) is 14.5. The molecule has 0 spiro atoms. The molecule has 0 atom stereocenters. The Morgan fingerprint density at radius 3 is 2.65 bits per heavy atom. The third-order valence-electron chi connectivity index (χ3n) is 4.11. The number of para-hydroxylation sites is 2. The van der Waals surface area contributed by atoms with Crippen LogP contribution in [0.2, 0.25) is 0 Å². The molecule has 6 heteroatoms. The number of aromatic hydroxyl groups is 1. The number of aliphatic hydroxyl groups is 1. The quantitative estimate of drug-likeness (QED) is 0.630. The Balaban J connectivity index is 1.83. The molecule has 2 heterocycles. The maximum Gasteiger partial charge on any atom is 0.199 e. The van der Waals surface area contributed by atoms with Crippen molar-refractivity contribution in [2.75, 3.05) is 6.61 Å². The first-order valence-corrected chi connectivity index (χ1v) is 8.35. The Bertz CT molecular complexity index is 1040. The van der Waals surface area contributed by atoms with Gasteiger partial charge in [-0.15, -0.1) is 0 Å². The first-order chi connectivity index (χ1) is 12.4. The average molecular weight is 349 g/mol. The normalized spacial score (nSPS) is 15.3. The highest BCUT2D eigenvalue weighted by Crippen LogP contribution is 2.35. The number of hydrogen-bond donors (Lipinski definition) is 3. The number of nitrogens with zero attached hydrogens (tertiary/aromatic N) is 2. The molecule has 0 aliphatic carbocycles. The summed E-state index contributed by atoms with van der Waals surface area (Å²) in [7, 11) is 0. The standard InChI is InChI=1S/C20H19N3O3/c1-20(2,25)11-26-23-17-13-8-4-6-10-15(13)21-18(17)16-12-7-3-5-9-14(12)22-19(16)24/h3-10,22,24-25H,11H2,1-2H3/b23-17-. The van der Waals surface area contributed by atoms with Gasteiger partial charge in [0.05, 0.1) is 16.9 Å². The van der Waals surface area contributed by atoms with Crippen molar-refractivity contribution in [3.05, 3.63) is 59.7 Å². The van der Waals surface area contributed by atoms with E-state index < -0.39 is 5.60 Å². The van der Waals surface area contributed by atoms with Crippen LogP contribution in [0.1, 0.15) is 25.0 Å². The van der Waals surface area contributed by atoms with Gasteiger partial charge < -0.3 is 20.0 Å². The van der Waals surface area contributed by atoms with E-state index in [0.29, 0.717) is 17.0 Å². The summed E-state index contributed by atoms with van der Waals surface area (Å²) in [6.07, 6.45) is 0. The first-order valence-electron chi connectivity index (χ1n) is 8.35. The van der Waals surface area contributed by atoms with Gasteiger partial charge in [0, 0.05) is 16.5 Å². The van der Waals surface area contributed by atoms with Crippen LogP contribution in [0, 0.1) is 0 Å². The first kappa shape index (κ1) is 16.4. The van der Waals surface area contributed by atoms with Crippen LogP contribution in [0.4, 0.5) is 5.69 Å². The predicted octanol–water partition coefficient (Wildman–Crippen LogP) is 3.50. The number of rotatable bonds is 4. The minimum atomic E-state index is -0.998. The number of hydrogen-bond acceptors (Lipinski definition) is 5. The summed E-state index contributed by atoms with van der Waals surface area (Å²) in [4.78, 5) is 13.0. The Kier molecular flexibility index (Phi) is 3.77. The van der Waals surface area contributed by atoms with Gasteiger partial charge in [-0.3, -0.25) is 0 Å². The molecule has 0 radical (unpaired) electrons. The van der Waals surface area contributed by atoms with E-state index in [2.05, 4.69) is 15.1 Å². The van der Waals surface area contributed by atoms with E-state index >= 15 is 0 Å². The zero-order chi connectivity index (χ0) is 18.3. The number of nitrogens with one attached hydrogen (secondary N) is 1. The van der Waals surface area contributed by atoms with Gasteiger partial charge >= 0.3 is 0 Å². The highest BCUT2D eigenvalue weighted by molar-refractivity contribution is 6.58. The van der Waals surface area contributed by atoms with Crippen LogP contribution in [-0.4, -0.2) is 38.8 Å². The molecule has 132 valence electrons. The van der Waals surface area contributed by atoms with E-state index in [1.807, 2.05) is 48.5 Å². The largest absolute Gasteiger partial charge is 0.494 e. The van der Waals surface area contributed by atoms with Gasteiger partial charge in [0.25, 0.3) is 0 Å². The second-order valence-electron chi connectivity index (χ2n) is 6.90. The van der Waals surface area contributed by atoms with Crippen molar-refractivity contribution in [2.24, 2.45) is 10.1 Å². The molecule has 0 saturated carbocycles. The molecule has 4 rings (SSSR count). The lowest BCUT2D eigenvalue weighted by Crippen LogP contribution is -2.25. The van der Waals surface area contributed by atoms with Crippen LogP contribution in [0.5, 0.6) is 5.88 Å². The molecule has 0 fully saturated rings. The summed E-state index contributed by atoms with van der Waals surface area (Å²) in [6, 6.07) is 15.2. The van der Waals surface area contributed by atoms with Crippen molar-refractivity contribution in [2.45, 2.75) is 19.4 Å². The number of aliphatic imine (C=N–C) groups is 1. The molecule has 0 bridgehead atoms. The predicted molar refractivity (Wildman–Crippen MR) is 101 cm³/mol. The van der Waals surface area contributed by atoms with Crippen LogP contribution < -0.4 is 0 Å². The summed E-state index contributed by atoms with van der Waals surface area (Å²) < 4.78 is 0. The van der Waals surface area contributed by atoms with Crippen LogP contribution in [0.3, 0.4) is 0 Å². The third kappa shape index (κ3) is 2.84. The Morgan fingerprint density at radius 1 is 1.12 bits per heavy atom. The molecule has 2 aromatic carbocycles. The van der Waals surface area contributed by atoms with Gasteiger partial charge in [0.1, 0.15) is 18.0 Å². The third-order valence-corrected chi connectivity index (χ3v) is 4.11. The van der Waals surface area contributed by atoms with Gasteiger partial charge in [-0.25, -0.2) is 4.99 Å². The Hall–Kier alpha value is -3.12. The second kappa shape index (κ2) is 6.00. The highest BCUT2D eigenvalue weighted by Gasteiger charge is 2.29. The van der Waals surface area contributed by atoms with Gasteiger partial charge in [-0.2, -0.15) is 0 Å². The molecule has 3 N–H and O–H groups in total. The van der Waals surface area contributed by atoms with Gasteiger partial charge in [0.15, 0.2) is 5.88 Å². The van der Waals surface area contributed by atoms with E-state index in [1.165, 1.54) is 0 Å². The SMILES string of the molecule is CC(C)(O)CO/N=C1\C(c2c(O)[nH]c3ccccc23)=Nc2ccccc21. The van der Waals surface area contributed by atoms with Crippen molar-refractivity contribution < 1.29 is 15.1 Å². The summed E-state index contributed by atoms with van der Waals surface area (Å²) in [5.41, 5.74) is 3.06. The Morgan fingerprint density at radius 2 is 1.85 bits per heavy atom. The monoisotopic (exact) mass is 349 g/mol. The molecular weight excluding hydrogens is 330 g/mol. The fourth-order valence-electron chi connectivity index (χ4n) is 2.96. The summed E-state index contributed by atoms with van der Waals surface area (Å²) >= 11 is 0. The lowest BCUT2D eigenvalue weighted by atomic mass is 10.0. The van der Waals surface area contributed by atoms with E-state index in [4.69, 9.17) is 4.84 Å².